The van der Waals surface area contributed by atoms with Gasteiger partial charge in [-0.3, -0.25) is 10.1 Å². The molecular formula is C13H11BrN2O4. The number of nitro groups is 1. The van der Waals surface area contributed by atoms with E-state index in [4.69, 9.17) is 4.74 Å². The van der Waals surface area contributed by atoms with Gasteiger partial charge in [0, 0.05) is 22.8 Å². The summed E-state index contributed by atoms with van der Waals surface area (Å²) in [4.78, 5) is 14.3. The lowest BCUT2D eigenvalue weighted by Crippen LogP contribution is -1.95. The zero-order chi connectivity index (χ0) is 14.7. The molecule has 2 rings (SSSR count). The smallest absolute Gasteiger partial charge is 0.274 e. The number of benzene rings is 1. The van der Waals surface area contributed by atoms with E-state index in [1.165, 1.54) is 18.3 Å². The SMILES string of the molecule is C[C@@H](O)c1ccnc(Oc2cc(Br)cc([N+](=O)[O-])c2)c1. The third kappa shape index (κ3) is 3.52. The van der Waals surface area contributed by atoms with Gasteiger partial charge in [-0.15, -0.1) is 0 Å². The van der Waals surface area contributed by atoms with Crippen molar-refractivity contribution in [2.45, 2.75) is 13.0 Å². The molecule has 0 saturated carbocycles. The minimum atomic E-state index is -0.641. The van der Waals surface area contributed by atoms with Crippen LogP contribution in [0.15, 0.2) is 41.0 Å². The highest BCUT2D eigenvalue weighted by Gasteiger charge is 2.11. The summed E-state index contributed by atoms with van der Waals surface area (Å²) in [5.74, 6) is 0.553. The number of halogens is 1. The molecule has 0 saturated heterocycles. The fourth-order valence-electron chi connectivity index (χ4n) is 1.57. The molecule has 0 spiro atoms. The first-order chi connectivity index (χ1) is 9.45. The molecular weight excluding hydrogens is 328 g/mol. The topological polar surface area (TPSA) is 85.5 Å². The number of non-ortho nitro benzene ring substituents is 1. The van der Waals surface area contributed by atoms with Gasteiger partial charge in [0.1, 0.15) is 5.75 Å². The van der Waals surface area contributed by atoms with Crippen molar-refractivity contribution in [3.05, 3.63) is 56.7 Å². The van der Waals surface area contributed by atoms with E-state index in [-0.39, 0.29) is 11.6 Å². The van der Waals surface area contributed by atoms with Gasteiger partial charge >= 0.3 is 0 Å². The van der Waals surface area contributed by atoms with Gasteiger partial charge in [0.15, 0.2) is 0 Å². The third-order valence-corrected chi connectivity index (χ3v) is 2.99. The first-order valence-corrected chi connectivity index (χ1v) is 6.52. The predicted octanol–water partition coefficient (Wildman–Crippen LogP) is 3.60. The second-order valence-electron chi connectivity index (χ2n) is 4.11. The molecule has 1 N–H and O–H groups in total. The number of aromatic nitrogens is 1. The molecule has 0 bridgehead atoms. The first kappa shape index (κ1) is 14.4. The molecule has 0 amide bonds. The van der Waals surface area contributed by atoms with Gasteiger partial charge in [-0.25, -0.2) is 4.98 Å². The molecule has 1 aromatic heterocycles. The largest absolute Gasteiger partial charge is 0.439 e. The lowest BCUT2D eigenvalue weighted by molar-refractivity contribution is -0.385. The van der Waals surface area contributed by atoms with Crippen LogP contribution in [0.4, 0.5) is 5.69 Å². The third-order valence-electron chi connectivity index (χ3n) is 2.53. The van der Waals surface area contributed by atoms with Crippen LogP contribution in [-0.4, -0.2) is 15.0 Å². The van der Waals surface area contributed by atoms with E-state index in [1.54, 1.807) is 25.1 Å². The Labute approximate surface area is 123 Å². The average molecular weight is 339 g/mol. The van der Waals surface area contributed by atoms with Gasteiger partial charge in [-0.2, -0.15) is 0 Å². The summed E-state index contributed by atoms with van der Waals surface area (Å²) < 4.78 is 6.02. The van der Waals surface area contributed by atoms with Crippen LogP contribution in [0.3, 0.4) is 0 Å². The number of nitro benzene ring substituents is 1. The Morgan fingerprint density at radius 3 is 2.80 bits per heavy atom. The number of hydrogen-bond donors (Lipinski definition) is 1. The van der Waals surface area contributed by atoms with Crippen molar-refractivity contribution in [2.24, 2.45) is 0 Å². The Hall–Kier alpha value is -1.99. The van der Waals surface area contributed by atoms with Gasteiger partial charge in [-0.05, 0) is 24.6 Å². The van der Waals surface area contributed by atoms with Crippen molar-refractivity contribution in [3.8, 4) is 11.6 Å². The molecule has 1 atom stereocenters. The summed E-state index contributed by atoms with van der Waals surface area (Å²) in [7, 11) is 0. The molecule has 104 valence electrons. The predicted molar refractivity (Wildman–Crippen MR) is 75.7 cm³/mol. The number of rotatable bonds is 4. The Morgan fingerprint density at radius 2 is 2.15 bits per heavy atom. The zero-order valence-corrected chi connectivity index (χ0v) is 12.1. The van der Waals surface area contributed by atoms with E-state index in [0.29, 0.717) is 15.8 Å². The number of ether oxygens (including phenoxy) is 1. The molecule has 6 nitrogen and oxygen atoms in total. The van der Waals surface area contributed by atoms with Crippen LogP contribution < -0.4 is 4.74 Å². The van der Waals surface area contributed by atoms with Gasteiger partial charge in [0.25, 0.3) is 5.69 Å². The van der Waals surface area contributed by atoms with Gasteiger partial charge < -0.3 is 9.84 Å². The number of hydrogen-bond acceptors (Lipinski definition) is 5. The summed E-state index contributed by atoms with van der Waals surface area (Å²) >= 11 is 3.19. The Morgan fingerprint density at radius 1 is 1.40 bits per heavy atom. The molecule has 20 heavy (non-hydrogen) atoms. The summed E-state index contributed by atoms with van der Waals surface area (Å²) in [5.41, 5.74) is 0.570. The van der Waals surface area contributed by atoms with Crippen LogP contribution in [0, 0.1) is 10.1 Å². The maximum Gasteiger partial charge on any atom is 0.274 e. The highest BCUT2D eigenvalue weighted by Crippen LogP contribution is 2.29. The van der Waals surface area contributed by atoms with Crippen LogP contribution in [0.5, 0.6) is 11.6 Å². The van der Waals surface area contributed by atoms with E-state index < -0.39 is 11.0 Å². The van der Waals surface area contributed by atoms with Crippen molar-refractivity contribution < 1.29 is 14.8 Å². The van der Waals surface area contributed by atoms with Crippen LogP contribution in [0.2, 0.25) is 0 Å². The monoisotopic (exact) mass is 338 g/mol. The molecule has 0 fully saturated rings. The van der Waals surface area contributed by atoms with Crippen molar-refractivity contribution in [2.75, 3.05) is 0 Å². The summed E-state index contributed by atoms with van der Waals surface area (Å²) in [6, 6.07) is 7.54. The molecule has 1 aromatic carbocycles. The maximum absolute atomic E-state index is 10.8. The van der Waals surface area contributed by atoms with Crippen LogP contribution in [0.25, 0.3) is 0 Å². The molecule has 0 aliphatic carbocycles. The fraction of sp³-hybridized carbons (Fsp3) is 0.154. The second-order valence-corrected chi connectivity index (χ2v) is 5.02. The van der Waals surface area contributed by atoms with E-state index in [2.05, 4.69) is 20.9 Å². The number of aliphatic hydroxyl groups is 1. The quantitative estimate of drug-likeness (QED) is 0.679. The number of pyridine rings is 1. The highest BCUT2D eigenvalue weighted by molar-refractivity contribution is 9.10. The molecule has 1 heterocycles. The van der Waals surface area contributed by atoms with Gasteiger partial charge in [0.2, 0.25) is 5.88 Å². The first-order valence-electron chi connectivity index (χ1n) is 5.72. The van der Waals surface area contributed by atoms with Crippen molar-refractivity contribution >= 4 is 21.6 Å². The summed E-state index contributed by atoms with van der Waals surface area (Å²) in [6.07, 6.45) is 0.862. The Kier molecular flexibility index (Phi) is 4.31. The molecule has 0 radical (unpaired) electrons. The van der Waals surface area contributed by atoms with Crippen LogP contribution >= 0.6 is 15.9 Å². The van der Waals surface area contributed by atoms with E-state index in [9.17, 15) is 15.2 Å². The molecule has 0 aliphatic heterocycles. The molecule has 2 aromatic rings. The normalized spacial score (nSPS) is 11.9. The van der Waals surface area contributed by atoms with E-state index in [1.807, 2.05) is 0 Å². The minimum Gasteiger partial charge on any atom is -0.439 e. The van der Waals surface area contributed by atoms with Crippen LogP contribution in [-0.2, 0) is 0 Å². The lowest BCUT2D eigenvalue weighted by Gasteiger charge is -2.08. The maximum atomic E-state index is 10.8. The Balaban J connectivity index is 2.30. The van der Waals surface area contributed by atoms with Crippen LogP contribution in [0.1, 0.15) is 18.6 Å². The van der Waals surface area contributed by atoms with Gasteiger partial charge in [-0.1, -0.05) is 15.9 Å². The number of nitrogens with zero attached hydrogens (tertiary/aromatic N) is 2. The minimum absolute atomic E-state index is 0.0824. The lowest BCUT2D eigenvalue weighted by atomic mass is 10.2. The number of aliphatic hydroxyl groups excluding tert-OH is 1. The molecule has 7 heteroatoms. The van der Waals surface area contributed by atoms with Crippen molar-refractivity contribution in [3.63, 3.8) is 0 Å². The summed E-state index contributed by atoms with van der Waals surface area (Å²) in [6.45, 7) is 1.63. The van der Waals surface area contributed by atoms with Gasteiger partial charge in [0.05, 0.1) is 17.1 Å². The zero-order valence-electron chi connectivity index (χ0n) is 10.5. The second kappa shape index (κ2) is 5.98. The van der Waals surface area contributed by atoms with Crippen molar-refractivity contribution in [1.29, 1.82) is 0 Å². The highest BCUT2D eigenvalue weighted by atomic mass is 79.9. The summed E-state index contributed by atoms with van der Waals surface area (Å²) in [5, 5.41) is 20.3. The fourth-order valence-corrected chi connectivity index (χ4v) is 2.03. The van der Waals surface area contributed by atoms with E-state index >= 15 is 0 Å². The van der Waals surface area contributed by atoms with Crippen molar-refractivity contribution in [1.82, 2.24) is 4.98 Å². The molecule has 0 unspecified atom stereocenters. The average Bonchev–Trinajstić information content (AvgIpc) is 2.38. The standard InChI is InChI=1S/C13H11BrN2O4/c1-8(17)9-2-3-15-13(4-9)20-12-6-10(14)5-11(7-12)16(18)19/h2-8,17H,1H3/t8-/m1/s1. The molecule has 0 aliphatic rings. The van der Waals surface area contributed by atoms with E-state index in [0.717, 1.165) is 0 Å². The Bertz CT molecular complexity index is 646.